The van der Waals surface area contributed by atoms with Crippen molar-refractivity contribution in [2.24, 2.45) is 0 Å². The summed E-state index contributed by atoms with van der Waals surface area (Å²) < 4.78 is 4.95. The van der Waals surface area contributed by atoms with Crippen LogP contribution < -0.4 is 0 Å². The molecule has 0 unspecified atom stereocenters. The Morgan fingerprint density at radius 2 is 2.04 bits per heavy atom. The molecule has 8 heteroatoms. The van der Waals surface area contributed by atoms with E-state index >= 15 is 0 Å². The monoisotopic (exact) mass is 373 g/mol. The second-order valence-corrected chi connectivity index (χ2v) is 6.81. The lowest BCUT2D eigenvalue weighted by Gasteiger charge is -2.13. The minimum atomic E-state index is -0.631. The van der Waals surface area contributed by atoms with E-state index in [-0.39, 0.29) is 11.0 Å². The van der Waals surface area contributed by atoms with Crippen LogP contribution in [-0.2, 0) is 14.3 Å². The molecule has 0 radical (unpaired) electrons. The summed E-state index contributed by atoms with van der Waals surface area (Å²) in [5.41, 5.74) is 0.561. The number of hydrogen-bond donors (Lipinski definition) is 0. The summed E-state index contributed by atoms with van der Waals surface area (Å²) in [6, 6.07) is 4.81. The van der Waals surface area contributed by atoms with Gasteiger partial charge < -0.3 is 4.74 Å². The SMILES string of the molecule is CC(C)OC(=O)CN1C(=O)S/C(=C\c2ccc(Cl)cc2Cl)C1=O. The van der Waals surface area contributed by atoms with Gasteiger partial charge in [0, 0.05) is 10.0 Å². The molecule has 1 saturated heterocycles. The largest absolute Gasteiger partial charge is 0.462 e. The average molecular weight is 374 g/mol. The Balaban J connectivity index is 2.17. The molecule has 1 aliphatic rings. The number of carbonyl (C=O) groups is 3. The van der Waals surface area contributed by atoms with Gasteiger partial charge in [-0.25, -0.2) is 0 Å². The number of nitrogens with zero attached hydrogens (tertiary/aromatic N) is 1. The molecule has 5 nitrogen and oxygen atoms in total. The zero-order chi connectivity index (χ0) is 17.1. The van der Waals surface area contributed by atoms with Crippen LogP contribution in [0.3, 0.4) is 0 Å². The Hall–Kier alpha value is -1.50. The third-order valence-corrected chi connectivity index (χ3v) is 4.25. The summed E-state index contributed by atoms with van der Waals surface area (Å²) in [7, 11) is 0. The maximum absolute atomic E-state index is 12.3. The molecular weight excluding hydrogens is 361 g/mol. The molecule has 122 valence electrons. The first-order valence-electron chi connectivity index (χ1n) is 6.68. The van der Waals surface area contributed by atoms with Gasteiger partial charge in [0.15, 0.2) is 0 Å². The van der Waals surface area contributed by atoms with Crippen LogP contribution in [-0.4, -0.2) is 34.7 Å². The molecule has 1 aromatic rings. The normalized spacial score (nSPS) is 16.6. The van der Waals surface area contributed by atoms with Crippen molar-refractivity contribution in [1.29, 1.82) is 0 Å². The summed E-state index contributed by atoms with van der Waals surface area (Å²) in [4.78, 5) is 36.8. The fourth-order valence-corrected chi connectivity index (χ4v) is 3.12. The highest BCUT2D eigenvalue weighted by Gasteiger charge is 2.36. The van der Waals surface area contributed by atoms with E-state index in [1.165, 1.54) is 6.08 Å². The van der Waals surface area contributed by atoms with Crippen LogP contribution in [0.4, 0.5) is 4.79 Å². The number of esters is 1. The van der Waals surface area contributed by atoms with Crippen LogP contribution in [0.25, 0.3) is 6.08 Å². The second kappa shape index (κ2) is 7.38. The van der Waals surface area contributed by atoms with Gasteiger partial charge in [-0.3, -0.25) is 19.3 Å². The van der Waals surface area contributed by atoms with E-state index in [4.69, 9.17) is 27.9 Å². The van der Waals surface area contributed by atoms with Gasteiger partial charge in [0.1, 0.15) is 6.54 Å². The molecule has 1 heterocycles. The molecule has 2 rings (SSSR count). The van der Waals surface area contributed by atoms with Crippen LogP contribution in [0.2, 0.25) is 10.0 Å². The predicted octanol–water partition coefficient (Wildman–Crippen LogP) is 3.98. The molecule has 1 aliphatic heterocycles. The van der Waals surface area contributed by atoms with Crippen molar-refractivity contribution in [3.63, 3.8) is 0 Å². The zero-order valence-corrected chi connectivity index (χ0v) is 14.7. The Kier molecular flexibility index (Phi) is 5.73. The number of ether oxygens (including phenoxy) is 1. The van der Waals surface area contributed by atoms with E-state index in [1.54, 1.807) is 32.0 Å². The third-order valence-electron chi connectivity index (χ3n) is 2.78. The molecule has 2 amide bonds. The highest BCUT2D eigenvalue weighted by molar-refractivity contribution is 8.18. The third kappa shape index (κ3) is 4.50. The van der Waals surface area contributed by atoms with Crippen molar-refractivity contribution in [2.75, 3.05) is 6.54 Å². The first-order valence-corrected chi connectivity index (χ1v) is 8.25. The highest BCUT2D eigenvalue weighted by atomic mass is 35.5. The molecule has 0 bridgehead atoms. The van der Waals surface area contributed by atoms with Crippen molar-refractivity contribution in [3.8, 4) is 0 Å². The van der Waals surface area contributed by atoms with Gasteiger partial charge in [-0.1, -0.05) is 29.3 Å². The first kappa shape index (κ1) is 17.8. The van der Waals surface area contributed by atoms with E-state index in [9.17, 15) is 14.4 Å². The van der Waals surface area contributed by atoms with E-state index in [2.05, 4.69) is 0 Å². The molecule has 0 aliphatic carbocycles. The molecule has 0 atom stereocenters. The number of benzene rings is 1. The molecule has 0 aromatic heterocycles. The van der Waals surface area contributed by atoms with Crippen molar-refractivity contribution in [2.45, 2.75) is 20.0 Å². The molecule has 0 saturated carbocycles. The van der Waals surface area contributed by atoms with Crippen molar-refractivity contribution in [1.82, 2.24) is 4.90 Å². The van der Waals surface area contributed by atoms with E-state index in [0.29, 0.717) is 15.6 Å². The second-order valence-electron chi connectivity index (χ2n) is 4.97. The number of carbonyl (C=O) groups excluding carboxylic acids is 3. The van der Waals surface area contributed by atoms with Crippen LogP contribution in [0, 0.1) is 0 Å². The Morgan fingerprint density at radius 1 is 1.35 bits per heavy atom. The van der Waals surface area contributed by atoms with Crippen LogP contribution in [0.5, 0.6) is 0 Å². The molecule has 0 N–H and O–H groups in total. The minimum Gasteiger partial charge on any atom is -0.462 e. The Labute approximate surface area is 147 Å². The number of rotatable bonds is 4. The zero-order valence-electron chi connectivity index (χ0n) is 12.3. The molecule has 1 fully saturated rings. The smallest absolute Gasteiger partial charge is 0.326 e. The summed E-state index contributed by atoms with van der Waals surface area (Å²) in [5, 5.41) is 0.312. The number of halogens is 2. The van der Waals surface area contributed by atoms with Crippen LogP contribution >= 0.6 is 35.0 Å². The summed E-state index contributed by atoms with van der Waals surface area (Å²) >= 11 is 12.6. The van der Waals surface area contributed by atoms with Crippen LogP contribution in [0.1, 0.15) is 19.4 Å². The van der Waals surface area contributed by atoms with E-state index in [1.807, 2.05) is 0 Å². The minimum absolute atomic E-state index is 0.191. The lowest BCUT2D eigenvalue weighted by Crippen LogP contribution is -2.35. The van der Waals surface area contributed by atoms with Crippen molar-refractivity contribution < 1.29 is 19.1 Å². The number of hydrogen-bond acceptors (Lipinski definition) is 5. The fraction of sp³-hybridized carbons (Fsp3) is 0.267. The Bertz CT molecular complexity index is 703. The fourth-order valence-electron chi connectivity index (χ4n) is 1.83. The summed E-state index contributed by atoms with van der Waals surface area (Å²) in [5.74, 6) is -1.18. The lowest BCUT2D eigenvalue weighted by atomic mass is 10.2. The molecular formula is C15H13Cl2NO4S. The van der Waals surface area contributed by atoms with Crippen molar-refractivity contribution >= 4 is 58.2 Å². The number of amides is 2. The van der Waals surface area contributed by atoms with E-state index < -0.39 is 23.7 Å². The number of imide groups is 1. The quantitative estimate of drug-likeness (QED) is 0.589. The summed E-state index contributed by atoms with van der Waals surface area (Å²) in [6.07, 6.45) is 1.18. The maximum Gasteiger partial charge on any atom is 0.326 e. The van der Waals surface area contributed by atoms with Crippen molar-refractivity contribution in [3.05, 3.63) is 38.7 Å². The summed E-state index contributed by atoms with van der Waals surface area (Å²) in [6.45, 7) is 2.97. The predicted molar refractivity (Wildman–Crippen MR) is 90.4 cm³/mol. The lowest BCUT2D eigenvalue weighted by molar-refractivity contribution is -0.149. The van der Waals surface area contributed by atoms with Gasteiger partial charge >= 0.3 is 5.97 Å². The number of thioether (sulfide) groups is 1. The van der Waals surface area contributed by atoms with Crippen LogP contribution in [0.15, 0.2) is 23.1 Å². The maximum atomic E-state index is 12.3. The average Bonchev–Trinajstić information content (AvgIpc) is 2.69. The molecule has 23 heavy (non-hydrogen) atoms. The van der Waals surface area contributed by atoms with Gasteiger partial charge in [0.25, 0.3) is 11.1 Å². The standard InChI is InChI=1S/C15H13Cl2NO4S/c1-8(2)22-13(19)7-18-14(20)12(23-15(18)21)5-9-3-4-10(16)6-11(9)17/h3-6,8H,7H2,1-2H3/b12-5-. The van der Waals surface area contributed by atoms with Gasteiger partial charge in [-0.2, -0.15) is 0 Å². The molecule has 1 aromatic carbocycles. The van der Waals surface area contributed by atoms with Gasteiger partial charge in [0.05, 0.1) is 11.0 Å². The van der Waals surface area contributed by atoms with E-state index in [0.717, 1.165) is 16.7 Å². The Morgan fingerprint density at radius 3 is 2.65 bits per heavy atom. The topological polar surface area (TPSA) is 63.7 Å². The molecule has 0 spiro atoms. The highest BCUT2D eigenvalue weighted by Crippen LogP contribution is 2.33. The first-order chi connectivity index (χ1) is 10.8. The van der Waals surface area contributed by atoms with Gasteiger partial charge in [-0.15, -0.1) is 0 Å². The van der Waals surface area contributed by atoms with Gasteiger partial charge in [0.2, 0.25) is 0 Å². The van der Waals surface area contributed by atoms with Gasteiger partial charge in [-0.05, 0) is 49.4 Å².